The lowest BCUT2D eigenvalue weighted by Crippen LogP contribution is -2.60. The maximum absolute atomic E-state index is 13.9. The smallest absolute Gasteiger partial charge is 0.410 e. The molecule has 0 radical (unpaired) electrons. The zero-order valence-electron chi connectivity index (χ0n) is 26.5. The number of amides is 3. The number of nitrogens with zero attached hydrogens (tertiary/aromatic N) is 2. The Bertz CT molecular complexity index is 1290. The number of benzene rings is 1. The van der Waals surface area contributed by atoms with Crippen LogP contribution in [0.3, 0.4) is 0 Å². The molecule has 5 atom stereocenters. The van der Waals surface area contributed by atoms with Crippen molar-refractivity contribution in [2.24, 2.45) is 5.92 Å². The molecule has 246 valence electrons. The van der Waals surface area contributed by atoms with Gasteiger partial charge in [-0.1, -0.05) is 56.4 Å². The Morgan fingerprint density at radius 3 is 2.38 bits per heavy atom. The first-order valence-electron chi connectivity index (χ1n) is 16.1. The summed E-state index contributed by atoms with van der Waals surface area (Å²) in [5.41, 5.74) is -1.38. The number of nitrogens with one attached hydrogen (secondary N) is 2. The molecule has 45 heavy (non-hydrogen) atoms. The van der Waals surface area contributed by atoms with E-state index >= 15 is 0 Å². The van der Waals surface area contributed by atoms with Gasteiger partial charge in [0.15, 0.2) is 0 Å². The molecule has 12 heteroatoms. The predicted molar refractivity (Wildman–Crippen MR) is 163 cm³/mol. The van der Waals surface area contributed by atoms with Crippen molar-refractivity contribution in [3.05, 3.63) is 35.4 Å². The maximum Gasteiger partial charge on any atom is 0.410 e. The molecule has 1 aromatic carbocycles. The van der Waals surface area contributed by atoms with Crippen LogP contribution in [0, 0.1) is 5.92 Å². The van der Waals surface area contributed by atoms with Crippen LogP contribution >= 0.6 is 0 Å². The van der Waals surface area contributed by atoms with Gasteiger partial charge in [-0.2, -0.15) is 0 Å². The molecule has 4 aliphatic rings. The highest BCUT2D eigenvalue weighted by Crippen LogP contribution is 2.47. The van der Waals surface area contributed by atoms with Crippen LogP contribution in [0.4, 0.5) is 9.59 Å². The maximum atomic E-state index is 13.9. The van der Waals surface area contributed by atoms with E-state index in [1.807, 2.05) is 24.3 Å². The van der Waals surface area contributed by atoms with Crippen molar-refractivity contribution >= 4 is 30.3 Å². The first kappa shape index (κ1) is 32.7. The average Bonchev–Trinajstić information content (AvgIpc) is 3.28. The van der Waals surface area contributed by atoms with Crippen LogP contribution in [0.15, 0.2) is 24.3 Å². The van der Waals surface area contributed by atoms with Crippen LogP contribution in [-0.2, 0) is 36.9 Å². The van der Waals surface area contributed by atoms with Gasteiger partial charge in [0.05, 0.1) is 6.04 Å². The number of fused-ring (bicyclic) bond motifs is 3. The van der Waals surface area contributed by atoms with Gasteiger partial charge in [0.2, 0.25) is 5.91 Å². The van der Waals surface area contributed by atoms with E-state index in [1.165, 1.54) is 0 Å². The van der Waals surface area contributed by atoms with Gasteiger partial charge in [0.1, 0.15) is 29.1 Å². The second kappa shape index (κ2) is 13.0. The normalized spacial score (nSPS) is 30.8. The molecule has 2 saturated heterocycles. The number of carbonyl (C=O) groups excluding carboxylic acids is 4. The summed E-state index contributed by atoms with van der Waals surface area (Å²) in [6.45, 7) is 6.16. The number of aliphatic carboxylic acids is 1. The zero-order chi connectivity index (χ0) is 32.4. The molecule has 3 fully saturated rings. The third-order valence-electron chi connectivity index (χ3n) is 9.50. The van der Waals surface area contributed by atoms with Crippen LogP contribution < -0.4 is 10.6 Å². The minimum Gasteiger partial charge on any atom is -0.479 e. The number of carbonyl (C=O) groups is 5. The topological polar surface area (TPSA) is 155 Å². The van der Waals surface area contributed by atoms with E-state index in [2.05, 4.69) is 10.6 Å². The number of carboxylic acid groups (broad SMARTS) is 1. The Morgan fingerprint density at radius 2 is 1.73 bits per heavy atom. The zero-order valence-corrected chi connectivity index (χ0v) is 26.5. The molecule has 3 N–H and O–H groups in total. The van der Waals surface area contributed by atoms with Crippen molar-refractivity contribution in [1.82, 2.24) is 20.4 Å². The summed E-state index contributed by atoms with van der Waals surface area (Å²) >= 11 is 0. The molecular weight excluding hydrogens is 580 g/mol. The highest BCUT2D eigenvalue weighted by atomic mass is 16.6. The van der Waals surface area contributed by atoms with E-state index in [0.717, 1.165) is 36.8 Å². The van der Waals surface area contributed by atoms with E-state index in [1.54, 1.807) is 30.6 Å². The van der Waals surface area contributed by atoms with Gasteiger partial charge in [-0.3, -0.25) is 14.6 Å². The number of rotatable bonds is 4. The molecule has 5 rings (SSSR count). The summed E-state index contributed by atoms with van der Waals surface area (Å²) < 4.78 is 11.4. The number of aldehydes is 1. The van der Waals surface area contributed by atoms with Crippen molar-refractivity contribution < 1.29 is 38.6 Å². The first-order chi connectivity index (χ1) is 21.3. The van der Waals surface area contributed by atoms with Gasteiger partial charge in [-0.05, 0) is 57.1 Å². The fraction of sp³-hybridized carbons (Fsp3) is 0.667. The summed E-state index contributed by atoms with van der Waals surface area (Å²) in [7, 11) is 0. The molecule has 0 bridgehead atoms. The van der Waals surface area contributed by atoms with Crippen molar-refractivity contribution in [3.63, 3.8) is 0 Å². The standard InChI is InChI=1S/C33H46N4O8/c1-31(2,3)45-29(42)35-32(21-38)14-10-6-4-5-7-13-24-16-33(24,28(40)41)34-27(39)26-15-25(19-37(26)20-32)44-30(43)36-17-22-11-8-9-12-23(22)18-36/h8-9,11-12,21,24-26H,4-7,10,13-20H2,1-3H3,(H,34,39)(H,35,42)(H,40,41)/t24-,25-,26+,32+,33-/m1/s1. The monoisotopic (exact) mass is 626 g/mol. The summed E-state index contributed by atoms with van der Waals surface area (Å²) in [4.78, 5) is 68.6. The molecule has 3 amide bonds. The fourth-order valence-corrected chi connectivity index (χ4v) is 7.06. The molecule has 12 nitrogen and oxygen atoms in total. The predicted octanol–water partition coefficient (Wildman–Crippen LogP) is 3.75. The van der Waals surface area contributed by atoms with Gasteiger partial charge >= 0.3 is 18.2 Å². The van der Waals surface area contributed by atoms with Crippen LogP contribution in [0.25, 0.3) is 0 Å². The number of hydrogen-bond acceptors (Lipinski definition) is 8. The molecular formula is C33H46N4O8. The number of alkyl carbamates (subject to hydrolysis) is 1. The highest BCUT2D eigenvalue weighted by molar-refractivity contribution is 5.92. The Kier molecular flexibility index (Phi) is 9.44. The average molecular weight is 627 g/mol. The molecule has 3 heterocycles. The van der Waals surface area contributed by atoms with Crippen LogP contribution in [-0.4, -0.2) is 87.2 Å². The van der Waals surface area contributed by atoms with E-state index in [0.29, 0.717) is 45.1 Å². The second-order valence-corrected chi connectivity index (χ2v) is 14.2. The third kappa shape index (κ3) is 7.59. The third-order valence-corrected chi connectivity index (χ3v) is 9.50. The molecule has 1 saturated carbocycles. The van der Waals surface area contributed by atoms with Crippen LogP contribution in [0.1, 0.15) is 89.7 Å². The Hall–Kier alpha value is -3.67. The lowest BCUT2D eigenvalue weighted by molar-refractivity contribution is -0.144. The molecule has 1 aliphatic carbocycles. The van der Waals surface area contributed by atoms with E-state index in [9.17, 15) is 29.1 Å². The summed E-state index contributed by atoms with van der Waals surface area (Å²) in [5, 5.41) is 15.8. The number of carboxylic acids is 1. The minimum absolute atomic E-state index is 0.0272. The Balaban J connectivity index is 1.38. The van der Waals surface area contributed by atoms with E-state index in [4.69, 9.17) is 9.47 Å². The lowest BCUT2D eigenvalue weighted by atomic mass is 9.92. The number of hydrogen-bond donors (Lipinski definition) is 3. The van der Waals surface area contributed by atoms with E-state index in [-0.39, 0.29) is 25.4 Å². The molecule has 0 spiro atoms. The van der Waals surface area contributed by atoms with Gasteiger partial charge in [-0.25, -0.2) is 14.4 Å². The Morgan fingerprint density at radius 1 is 1.07 bits per heavy atom. The second-order valence-electron chi connectivity index (χ2n) is 14.2. The summed E-state index contributed by atoms with van der Waals surface area (Å²) in [6.07, 6.45) is 4.48. The minimum atomic E-state index is -1.37. The summed E-state index contributed by atoms with van der Waals surface area (Å²) in [5.74, 6) is -1.69. The van der Waals surface area contributed by atoms with Gasteiger partial charge in [0.25, 0.3) is 0 Å². The molecule has 1 aromatic rings. The summed E-state index contributed by atoms with van der Waals surface area (Å²) in [6, 6.07) is 6.92. The highest BCUT2D eigenvalue weighted by Gasteiger charge is 2.62. The van der Waals surface area contributed by atoms with Gasteiger partial charge in [0, 0.05) is 32.6 Å². The molecule has 0 aromatic heterocycles. The first-order valence-corrected chi connectivity index (χ1v) is 16.1. The van der Waals surface area contributed by atoms with E-state index < -0.39 is 52.9 Å². The van der Waals surface area contributed by atoms with Crippen molar-refractivity contribution in [2.45, 2.75) is 120 Å². The number of ether oxygens (including phenoxy) is 2. The van der Waals surface area contributed by atoms with Crippen molar-refractivity contribution in [1.29, 1.82) is 0 Å². The lowest BCUT2D eigenvalue weighted by Gasteiger charge is -2.36. The Labute approximate surface area is 264 Å². The van der Waals surface area contributed by atoms with Gasteiger partial charge in [-0.15, -0.1) is 0 Å². The van der Waals surface area contributed by atoms with Gasteiger partial charge < -0.3 is 30.0 Å². The van der Waals surface area contributed by atoms with Crippen molar-refractivity contribution in [3.8, 4) is 0 Å². The molecule has 3 aliphatic heterocycles. The fourth-order valence-electron chi connectivity index (χ4n) is 7.06. The SMILES string of the molecule is CC(C)(C)OC(=O)N[C@@]1(C=O)CCCCCCC[C@@H]2C[C@@]2(C(=O)O)NC(=O)[C@@H]2C[C@@H](OC(=O)N3Cc4ccccc4C3)CN2C1. The van der Waals surface area contributed by atoms with Crippen LogP contribution in [0.5, 0.6) is 0 Å². The largest absolute Gasteiger partial charge is 0.479 e. The van der Waals surface area contributed by atoms with Crippen LogP contribution in [0.2, 0.25) is 0 Å². The molecule has 0 unspecified atom stereocenters. The van der Waals surface area contributed by atoms with Crippen molar-refractivity contribution in [2.75, 3.05) is 13.1 Å². The quantitative estimate of drug-likeness (QED) is 0.424.